The summed E-state index contributed by atoms with van der Waals surface area (Å²) in [6.07, 6.45) is 0.502. The van der Waals surface area contributed by atoms with Crippen LogP contribution >= 0.6 is 0 Å². The number of halogens is 5. The fourth-order valence-electron chi connectivity index (χ4n) is 6.45. The van der Waals surface area contributed by atoms with E-state index in [1.54, 1.807) is 12.3 Å². The first-order chi connectivity index (χ1) is 19.7. The van der Waals surface area contributed by atoms with Crippen molar-refractivity contribution >= 4 is 22.8 Å². The highest BCUT2D eigenvalue weighted by molar-refractivity contribution is 5.83. The highest BCUT2D eigenvalue weighted by Gasteiger charge is 2.46. The largest absolute Gasteiger partial charge is 0.409 e. The Bertz CT molecular complexity index is 1600. The van der Waals surface area contributed by atoms with Crippen LogP contribution in [0.5, 0.6) is 0 Å². The van der Waals surface area contributed by atoms with Crippen LogP contribution in [-0.4, -0.2) is 61.8 Å². The molecule has 0 saturated carbocycles. The lowest BCUT2D eigenvalue weighted by atomic mass is 9.72. The molecule has 4 aromatic rings. The standard InChI is InChI=1S/C28H27F5N8/c29-18-9-17(10-20-25(18)38-23-4-2-21(41(20)23)28(31,32)33)24-19(30)12-36-26(39-24)37-22-3-1-16(11-35-22)13-40-14-27(15-40)5-7-34-8-6-27/h1,3,9-12,21,34H,2,4-8,13-15H2,(H,35,36,37,39)/t21-/m0/s1. The van der Waals surface area contributed by atoms with Gasteiger partial charge in [-0.05, 0) is 61.5 Å². The van der Waals surface area contributed by atoms with E-state index in [0.29, 0.717) is 11.2 Å². The van der Waals surface area contributed by atoms with Crippen molar-refractivity contribution in [1.29, 1.82) is 0 Å². The van der Waals surface area contributed by atoms with Crippen LogP contribution in [-0.2, 0) is 13.0 Å². The molecule has 0 radical (unpaired) electrons. The maximum absolute atomic E-state index is 15.0. The van der Waals surface area contributed by atoms with Crippen LogP contribution in [0.1, 0.15) is 36.7 Å². The van der Waals surface area contributed by atoms with Crippen molar-refractivity contribution < 1.29 is 22.0 Å². The van der Waals surface area contributed by atoms with Crippen molar-refractivity contribution in [3.63, 3.8) is 0 Å². The van der Waals surface area contributed by atoms with E-state index in [0.717, 1.165) is 55.1 Å². The first-order valence-electron chi connectivity index (χ1n) is 13.6. The molecule has 2 saturated heterocycles. The van der Waals surface area contributed by atoms with Crippen molar-refractivity contribution in [2.24, 2.45) is 5.41 Å². The topological polar surface area (TPSA) is 83.8 Å². The minimum atomic E-state index is -4.52. The van der Waals surface area contributed by atoms with Crippen LogP contribution in [0.2, 0.25) is 0 Å². The second-order valence-electron chi connectivity index (χ2n) is 11.3. The van der Waals surface area contributed by atoms with E-state index in [1.165, 1.54) is 18.9 Å². The van der Waals surface area contributed by atoms with Gasteiger partial charge in [0.05, 0.1) is 11.7 Å². The van der Waals surface area contributed by atoms with Gasteiger partial charge in [0.25, 0.3) is 0 Å². The Morgan fingerprint density at radius 3 is 2.54 bits per heavy atom. The number of imidazole rings is 1. The highest BCUT2D eigenvalue weighted by Crippen LogP contribution is 2.43. The molecule has 0 amide bonds. The Kier molecular flexibility index (Phi) is 6.19. The Morgan fingerprint density at radius 2 is 1.80 bits per heavy atom. The number of likely N-dealkylation sites (tertiary alicyclic amines) is 1. The zero-order valence-electron chi connectivity index (χ0n) is 22.0. The summed E-state index contributed by atoms with van der Waals surface area (Å²) in [4.78, 5) is 19.1. The lowest BCUT2D eigenvalue weighted by Crippen LogP contribution is -2.59. The third-order valence-corrected chi connectivity index (χ3v) is 8.42. The van der Waals surface area contributed by atoms with Crippen LogP contribution in [0, 0.1) is 17.0 Å². The summed E-state index contributed by atoms with van der Waals surface area (Å²) >= 11 is 0. The number of benzene rings is 1. The third kappa shape index (κ3) is 4.80. The van der Waals surface area contributed by atoms with Crippen molar-refractivity contribution in [2.75, 3.05) is 31.5 Å². The number of fused-ring (bicyclic) bond motifs is 3. The molecule has 0 aliphatic carbocycles. The van der Waals surface area contributed by atoms with Gasteiger partial charge in [-0.1, -0.05) is 6.07 Å². The summed E-state index contributed by atoms with van der Waals surface area (Å²) in [5, 5.41) is 6.35. The summed E-state index contributed by atoms with van der Waals surface area (Å²) in [6, 6.07) is 4.24. The average molecular weight is 571 g/mol. The van der Waals surface area contributed by atoms with E-state index in [2.05, 4.69) is 35.5 Å². The maximum atomic E-state index is 15.0. The van der Waals surface area contributed by atoms with Gasteiger partial charge in [0.15, 0.2) is 11.6 Å². The normalized spacial score (nSPS) is 20.4. The molecule has 2 fully saturated rings. The Hall–Kier alpha value is -3.71. The second kappa shape index (κ2) is 9.69. The number of piperidine rings is 1. The number of aryl methyl sites for hydroxylation is 1. The fraction of sp³-hybridized carbons (Fsp3) is 0.429. The Balaban J connectivity index is 1.10. The molecule has 2 N–H and O–H groups in total. The number of hydrogen-bond acceptors (Lipinski definition) is 7. The molecule has 0 unspecified atom stereocenters. The van der Waals surface area contributed by atoms with E-state index in [1.807, 2.05) is 6.07 Å². The van der Waals surface area contributed by atoms with Gasteiger partial charge >= 0.3 is 6.18 Å². The number of anilines is 2. The molecule has 41 heavy (non-hydrogen) atoms. The van der Waals surface area contributed by atoms with E-state index in [-0.39, 0.29) is 46.9 Å². The fourth-order valence-corrected chi connectivity index (χ4v) is 6.45. The van der Waals surface area contributed by atoms with Crippen LogP contribution in [0.4, 0.5) is 33.7 Å². The number of hydrogen-bond donors (Lipinski definition) is 2. The lowest BCUT2D eigenvalue weighted by Gasteiger charge is -2.52. The van der Waals surface area contributed by atoms with Crippen molar-refractivity contribution in [3.8, 4) is 11.3 Å². The molecular formula is C28H27F5N8. The summed E-state index contributed by atoms with van der Waals surface area (Å²) in [5.41, 5.74) is 1.02. The SMILES string of the molecule is Fc1cnc(Nc2ccc(CN3CC4(CCNCC4)C3)cn2)nc1-c1cc(F)c2nc3n(c2c1)[C@H](C(F)(F)F)CC3. The number of pyridine rings is 1. The molecular weight excluding hydrogens is 543 g/mol. The Labute approximate surface area is 232 Å². The van der Waals surface area contributed by atoms with Gasteiger partial charge in [-0.2, -0.15) is 13.2 Å². The summed E-state index contributed by atoms with van der Waals surface area (Å²) < 4.78 is 71.7. The van der Waals surface area contributed by atoms with Crippen LogP contribution in [0.15, 0.2) is 36.7 Å². The minimum Gasteiger partial charge on any atom is -0.317 e. The molecule has 3 aromatic heterocycles. The van der Waals surface area contributed by atoms with Gasteiger partial charge in [-0.15, -0.1) is 0 Å². The zero-order chi connectivity index (χ0) is 28.4. The van der Waals surface area contributed by atoms with Gasteiger partial charge in [-0.25, -0.2) is 28.7 Å². The van der Waals surface area contributed by atoms with Gasteiger partial charge < -0.3 is 15.2 Å². The Morgan fingerprint density at radius 1 is 1.00 bits per heavy atom. The molecule has 1 aromatic carbocycles. The third-order valence-electron chi connectivity index (χ3n) is 8.42. The van der Waals surface area contributed by atoms with Crippen molar-refractivity contribution in [3.05, 3.63) is 59.7 Å². The van der Waals surface area contributed by atoms with Gasteiger partial charge in [-0.3, -0.25) is 4.90 Å². The molecule has 6 heterocycles. The van der Waals surface area contributed by atoms with E-state index in [9.17, 15) is 22.0 Å². The number of aromatic nitrogens is 5. The molecule has 3 aliphatic rings. The smallest absolute Gasteiger partial charge is 0.317 e. The van der Waals surface area contributed by atoms with Crippen LogP contribution in [0.25, 0.3) is 22.3 Å². The highest BCUT2D eigenvalue weighted by atomic mass is 19.4. The molecule has 3 aliphatic heterocycles. The van der Waals surface area contributed by atoms with Crippen molar-refractivity contribution in [1.82, 2.24) is 34.7 Å². The average Bonchev–Trinajstić information content (AvgIpc) is 3.51. The molecule has 7 rings (SSSR count). The molecule has 13 heteroatoms. The van der Waals surface area contributed by atoms with E-state index >= 15 is 0 Å². The molecule has 1 atom stereocenters. The van der Waals surface area contributed by atoms with Crippen molar-refractivity contribution in [2.45, 2.75) is 44.4 Å². The first-order valence-corrected chi connectivity index (χ1v) is 13.6. The minimum absolute atomic E-state index is 0.0159. The number of nitrogens with one attached hydrogen (secondary N) is 2. The van der Waals surface area contributed by atoms with Crippen LogP contribution in [0.3, 0.4) is 0 Å². The molecule has 0 bridgehead atoms. The van der Waals surface area contributed by atoms with Crippen LogP contribution < -0.4 is 10.6 Å². The number of rotatable bonds is 5. The predicted molar refractivity (Wildman–Crippen MR) is 141 cm³/mol. The number of alkyl halides is 3. The summed E-state index contributed by atoms with van der Waals surface area (Å²) in [5.74, 6) is -1.08. The molecule has 214 valence electrons. The second-order valence-corrected chi connectivity index (χ2v) is 11.3. The van der Waals surface area contributed by atoms with E-state index < -0.39 is 23.9 Å². The number of nitrogens with zero attached hydrogens (tertiary/aromatic N) is 6. The predicted octanol–water partition coefficient (Wildman–Crippen LogP) is 5.15. The maximum Gasteiger partial charge on any atom is 0.409 e. The van der Waals surface area contributed by atoms with Gasteiger partial charge in [0, 0.05) is 37.8 Å². The van der Waals surface area contributed by atoms with Gasteiger partial charge in [0.1, 0.15) is 28.9 Å². The van der Waals surface area contributed by atoms with E-state index in [4.69, 9.17) is 0 Å². The quantitative estimate of drug-likeness (QED) is 0.322. The lowest BCUT2D eigenvalue weighted by molar-refractivity contribution is -0.164. The van der Waals surface area contributed by atoms with Gasteiger partial charge in [0.2, 0.25) is 5.95 Å². The zero-order valence-corrected chi connectivity index (χ0v) is 22.0. The summed E-state index contributed by atoms with van der Waals surface area (Å²) in [7, 11) is 0. The monoisotopic (exact) mass is 570 g/mol. The summed E-state index contributed by atoms with van der Waals surface area (Å²) in [6.45, 7) is 5.15. The molecule has 8 nitrogen and oxygen atoms in total. The molecule has 1 spiro atoms. The first kappa shape index (κ1) is 26.2.